The van der Waals surface area contributed by atoms with Crippen LogP contribution in [0.1, 0.15) is 37.8 Å². The van der Waals surface area contributed by atoms with E-state index in [1.807, 2.05) is 18.6 Å². The second-order valence-corrected chi connectivity index (χ2v) is 5.58. The largest absolute Gasteiger partial charge is 0.256 e. The average Bonchev–Trinajstić information content (AvgIpc) is 2.53. The molecular formula is C18H19N3. The van der Waals surface area contributed by atoms with Crippen LogP contribution >= 0.6 is 0 Å². The van der Waals surface area contributed by atoms with Gasteiger partial charge in [-0.15, -0.1) is 0 Å². The zero-order chi connectivity index (χ0) is 14.8. The minimum atomic E-state index is 0.475. The van der Waals surface area contributed by atoms with E-state index in [2.05, 4.69) is 53.9 Å². The van der Waals surface area contributed by atoms with E-state index in [4.69, 9.17) is 0 Å². The van der Waals surface area contributed by atoms with Crippen LogP contribution in [0.25, 0.3) is 22.0 Å². The standard InChI is InChI=1S/C18H19N3/c1-4-13-7-16(14-9-19-11-20-10-14)18-17(8-13)15(12(2)3)5-6-21-18/h5-12H,4H2,1-3H3. The molecule has 1 aromatic carbocycles. The zero-order valence-electron chi connectivity index (χ0n) is 12.7. The summed E-state index contributed by atoms with van der Waals surface area (Å²) >= 11 is 0. The van der Waals surface area contributed by atoms with Crippen molar-refractivity contribution in [3.8, 4) is 11.1 Å². The van der Waals surface area contributed by atoms with Gasteiger partial charge in [0.2, 0.25) is 0 Å². The van der Waals surface area contributed by atoms with Crippen LogP contribution in [0.15, 0.2) is 43.1 Å². The normalized spacial score (nSPS) is 11.2. The fourth-order valence-electron chi connectivity index (χ4n) is 2.70. The van der Waals surface area contributed by atoms with Crippen LogP contribution < -0.4 is 0 Å². The van der Waals surface area contributed by atoms with Crippen LogP contribution in [0, 0.1) is 0 Å². The molecule has 0 aliphatic heterocycles. The van der Waals surface area contributed by atoms with Crippen molar-refractivity contribution in [2.45, 2.75) is 33.1 Å². The Hall–Kier alpha value is -2.29. The Morgan fingerprint density at radius 1 is 1.10 bits per heavy atom. The number of benzene rings is 1. The van der Waals surface area contributed by atoms with Crippen LogP contribution in [0.5, 0.6) is 0 Å². The van der Waals surface area contributed by atoms with Gasteiger partial charge in [0, 0.05) is 35.1 Å². The molecule has 2 heterocycles. The Bertz CT molecular complexity index is 764. The minimum absolute atomic E-state index is 0.475. The van der Waals surface area contributed by atoms with Gasteiger partial charge in [-0.3, -0.25) is 4.98 Å². The Labute approximate surface area is 125 Å². The second-order valence-electron chi connectivity index (χ2n) is 5.58. The van der Waals surface area contributed by atoms with Gasteiger partial charge in [-0.05, 0) is 41.7 Å². The number of fused-ring (bicyclic) bond motifs is 1. The van der Waals surface area contributed by atoms with E-state index in [-0.39, 0.29) is 0 Å². The van der Waals surface area contributed by atoms with Crippen molar-refractivity contribution in [2.75, 3.05) is 0 Å². The average molecular weight is 277 g/mol. The molecule has 0 bridgehead atoms. The number of pyridine rings is 1. The van der Waals surface area contributed by atoms with Crippen molar-refractivity contribution in [2.24, 2.45) is 0 Å². The highest BCUT2D eigenvalue weighted by atomic mass is 14.8. The molecule has 3 nitrogen and oxygen atoms in total. The highest BCUT2D eigenvalue weighted by Gasteiger charge is 2.12. The third-order valence-electron chi connectivity index (χ3n) is 3.84. The van der Waals surface area contributed by atoms with Crippen molar-refractivity contribution < 1.29 is 0 Å². The predicted octanol–water partition coefficient (Wildman–Crippen LogP) is 4.38. The molecule has 0 spiro atoms. The number of hydrogen-bond acceptors (Lipinski definition) is 3. The van der Waals surface area contributed by atoms with Gasteiger partial charge in [-0.1, -0.05) is 20.8 Å². The van der Waals surface area contributed by atoms with E-state index in [0.29, 0.717) is 5.92 Å². The molecule has 2 aromatic heterocycles. The van der Waals surface area contributed by atoms with Gasteiger partial charge in [-0.25, -0.2) is 9.97 Å². The van der Waals surface area contributed by atoms with E-state index in [1.54, 1.807) is 6.33 Å². The molecule has 0 amide bonds. The highest BCUT2D eigenvalue weighted by Crippen LogP contribution is 2.32. The Kier molecular flexibility index (Phi) is 3.65. The van der Waals surface area contributed by atoms with E-state index in [9.17, 15) is 0 Å². The third-order valence-corrected chi connectivity index (χ3v) is 3.84. The lowest BCUT2D eigenvalue weighted by Crippen LogP contribution is -1.95. The summed E-state index contributed by atoms with van der Waals surface area (Å²) in [5.41, 5.74) is 5.83. The van der Waals surface area contributed by atoms with E-state index < -0.39 is 0 Å². The van der Waals surface area contributed by atoms with E-state index in [1.165, 1.54) is 16.5 Å². The summed E-state index contributed by atoms with van der Waals surface area (Å²) in [6.07, 6.45) is 8.16. The summed E-state index contributed by atoms with van der Waals surface area (Å²) in [7, 11) is 0. The maximum atomic E-state index is 4.62. The minimum Gasteiger partial charge on any atom is -0.256 e. The van der Waals surface area contributed by atoms with Crippen molar-refractivity contribution >= 4 is 10.9 Å². The van der Waals surface area contributed by atoms with Gasteiger partial charge in [-0.2, -0.15) is 0 Å². The zero-order valence-corrected chi connectivity index (χ0v) is 12.7. The van der Waals surface area contributed by atoms with Crippen LogP contribution in [0.2, 0.25) is 0 Å². The lowest BCUT2D eigenvalue weighted by molar-refractivity contribution is 0.874. The van der Waals surface area contributed by atoms with Crippen molar-refractivity contribution in [1.82, 2.24) is 15.0 Å². The molecule has 21 heavy (non-hydrogen) atoms. The smallest absolute Gasteiger partial charge is 0.115 e. The lowest BCUT2D eigenvalue weighted by Gasteiger charge is -2.14. The molecule has 0 aliphatic rings. The SMILES string of the molecule is CCc1cc(-c2cncnc2)c2nccc(C(C)C)c2c1. The molecule has 0 radical (unpaired) electrons. The quantitative estimate of drug-likeness (QED) is 0.713. The van der Waals surface area contributed by atoms with Gasteiger partial charge < -0.3 is 0 Å². The van der Waals surface area contributed by atoms with Crippen LogP contribution in [0.4, 0.5) is 0 Å². The fraction of sp³-hybridized carbons (Fsp3) is 0.278. The molecule has 0 fully saturated rings. The number of nitrogens with zero attached hydrogens (tertiary/aromatic N) is 3. The van der Waals surface area contributed by atoms with Gasteiger partial charge >= 0.3 is 0 Å². The number of aromatic nitrogens is 3. The van der Waals surface area contributed by atoms with Gasteiger partial charge in [0.05, 0.1) is 5.52 Å². The van der Waals surface area contributed by atoms with E-state index in [0.717, 1.165) is 23.1 Å². The maximum absolute atomic E-state index is 4.62. The summed E-state index contributed by atoms with van der Waals surface area (Å²) in [4.78, 5) is 12.9. The van der Waals surface area contributed by atoms with Crippen LogP contribution in [-0.2, 0) is 6.42 Å². The Balaban J connectivity index is 2.36. The van der Waals surface area contributed by atoms with Gasteiger partial charge in [0.15, 0.2) is 0 Å². The van der Waals surface area contributed by atoms with E-state index >= 15 is 0 Å². The van der Waals surface area contributed by atoms with Gasteiger partial charge in [0.1, 0.15) is 6.33 Å². The Morgan fingerprint density at radius 2 is 1.86 bits per heavy atom. The molecule has 3 heteroatoms. The summed E-state index contributed by atoms with van der Waals surface area (Å²) < 4.78 is 0. The van der Waals surface area contributed by atoms with Crippen molar-refractivity contribution in [3.63, 3.8) is 0 Å². The molecule has 3 rings (SSSR count). The monoisotopic (exact) mass is 277 g/mol. The molecule has 0 aliphatic carbocycles. The molecule has 3 aromatic rings. The summed E-state index contributed by atoms with van der Waals surface area (Å²) in [6, 6.07) is 6.60. The first-order valence-corrected chi connectivity index (χ1v) is 7.37. The van der Waals surface area contributed by atoms with Crippen LogP contribution in [-0.4, -0.2) is 15.0 Å². The molecular weight excluding hydrogens is 258 g/mol. The summed E-state index contributed by atoms with van der Waals surface area (Å²) in [5.74, 6) is 0.475. The first-order valence-electron chi connectivity index (χ1n) is 7.37. The summed E-state index contributed by atoms with van der Waals surface area (Å²) in [6.45, 7) is 6.62. The van der Waals surface area contributed by atoms with Crippen molar-refractivity contribution in [3.05, 3.63) is 54.2 Å². The molecule has 0 N–H and O–H groups in total. The van der Waals surface area contributed by atoms with Gasteiger partial charge in [0.25, 0.3) is 0 Å². The fourth-order valence-corrected chi connectivity index (χ4v) is 2.70. The highest BCUT2D eigenvalue weighted by molar-refractivity contribution is 5.96. The second kappa shape index (κ2) is 5.60. The first-order chi connectivity index (χ1) is 10.2. The van der Waals surface area contributed by atoms with Crippen molar-refractivity contribution in [1.29, 1.82) is 0 Å². The Morgan fingerprint density at radius 3 is 2.52 bits per heavy atom. The molecule has 0 atom stereocenters. The number of rotatable bonds is 3. The third kappa shape index (κ3) is 2.51. The maximum Gasteiger partial charge on any atom is 0.115 e. The number of aryl methyl sites for hydroxylation is 1. The predicted molar refractivity (Wildman–Crippen MR) is 86.2 cm³/mol. The molecule has 0 unspecified atom stereocenters. The topological polar surface area (TPSA) is 38.7 Å². The summed E-state index contributed by atoms with van der Waals surface area (Å²) in [5, 5.41) is 1.24. The lowest BCUT2D eigenvalue weighted by atomic mass is 9.93. The van der Waals surface area contributed by atoms with Crippen LogP contribution in [0.3, 0.4) is 0 Å². The first kappa shape index (κ1) is 13.7. The molecule has 106 valence electrons. The number of hydrogen-bond donors (Lipinski definition) is 0. The molecule has 0 saturated heterocycles. The molecule has 0 saturated carbocycles.